The molecule has 3 aromatic rings. The van der Waals surface area contributed by atoms with E-state index >= 15 is 0 Å². The van der Waals surface area contributed by atoms with Crippen molar-refractivity contribution >= 4 is 21.9 Å². The molecule has 31 heavy (non-hydrogen) atoms. The van der Waals surface area contributed by atoms with Crippen LogP contribution in [0.3, 0.4) is 0 Å². The summed E-state index contributed by atoms with van der Waals surface area (Å²) in [6, 6.07) is 24.7. The number of hydrogen-bond acceptors (Lipinski definition) is 3. The average molecular weight is 484 g/mol. The van der Waals surface area contributed by atoms with Crippen LogP contribution in [0.2, 0.25) is 0 Å². The van der Waals surface area contributed by atoms with Crippen LogP contribution in [-0.2, 0) is 16.1 Å². The third-order valence-electron chi connectivity index (χ3n) is 5.32. The van der Waals surface area contributed by atoms with E-state index in [4.69, 9.17) is 4.74 Å². The molecular formula is C26H27BrFNO2. The van der Waals surface area contributed by atoms with Gasteiger partial charge in [-0.3, -0.25) is 9.69 Å². The SMILES string of the molecule is CCOC(=O)C[C@@H](c1cc(F)cc(Br)c1)N(Cc1ccccc1)[C@H](C)c1ccccc1. The molecule has 162 valence electrons. The molecule has 3 aromatic carbocycles. The molecule has 0 fully saturated rings. The molecule has 0 saturated carbocycles. The van der Waals surface area contributed by atoms with Gasteiger partial charge in [0.1, 0.15) is 5.82 Å². The van der Waals surface area contributed by atoms with Crippen molar-refractivity contribution in [2.24, 2.45) is 0 Å². The second kappa shape index (κ2) is 11.2. The lowest BCUT2D eigenvalue weighted by Gasteiger charge is -2.37. The van der Waals surface area contributed by atoms with Gasteiger partial charge in [-0.1, -0.05) is 76.6 Å². The summed E-state index contributed by atoms with van der Waals surface area (Å²) in [5.41, 5.74) is 2.98. The summed E-state index contributed by atoms with van der Waals surface area (Å²) in [4.78, 5) is 14.8. The number of carbonyl (C=O) groups excluding carboxylic acids is 1. The van der Waals surface area contributed by atoms with Gasteiger partial charge < -0.3 is 4.74 Å². The Balaban J connectivity index is 2.06. The minimum atomic E-state index is -0.360. The summed E-state index contributed by atoms with van der Waals surface area (Å²) in [5, 5.41) is 0. The highest BCUT2D eigenvalue weighted by atomic mass is 79.9. The van der Waals surface area contributed by atoms with Crippen LogP contribution in [0.15, 0.2) is 83.3 Å². The fraction of sp³-hybridized carbons (Fsp3) is 0.269. The van der Waals surface area contributed by atoms with E-state index in [1.807, 2.05) is 42.5 Å². The molecule has 0 aliphatic rings. The maximum Gasteiger partial charge on any atom is 0.307 e. The molecule has 0 radical (unpaired) electrons. The van der Waals surface area contributed by atoms with Crippen LogP contribution in [-0.4, -0.2) is 17.5 Å². The molecule has 0 aliphatic carbocycles. The molecule has 0 heterocycles. The summed E-state index contributed by atoms with van der Waals surface area (Å²) in [6.45, 7) is 4.82. The highest BCUT2D eigenvalue weighted by Crippen LogP contribution is 2.36. The van der Waals surface area contributed by atoms with Crippen molar-refractivity contribution in [2.45, 2.75) is 38.9 Å². The van der Waals surface area contributed by atoms with E-state index in [0.717, 1.165) is 16.7 Å². The molecule has 0 unspecified atom stereocenters. The smallest absolute Gasteiger partial charge is 0.307 e. The predicted molar refractivity (Wildman–Crippen MR) is 125 cm³/mol. The fourth-order valence-electron chi connectivity index (χ4n) is 3.81. The second-order valence-corrected chi connectivity index (χ2v) is 8.39. The Labute approximate surface area is 192 Å². The minimum absolute atomic E-state index is 0.0112. The molecule has 0 N–H and O–H groups in total. The highest BCUT2D eigenvalue weighted by molar-refractivity contribution is 9.10. The van der Waals surface area contributed by atoms with Gasteiger partial charge in [-0.25, -0.2) is 4.39 Å². The van der Waals surface area contributed by atoms with Crippen LogP contribution in [0.1, 0.15) is 49.0 Å². The Morgan fingerprint density at radius 3 is 2.26 bits per heavy atom. The molecule has 0 saturated heterocycles. The average Bonchev–Trinajstić information content (AvgIpc) is 2.76. The maximum atomic E-state index is 14.3. The van der Waals surface area contributed by atoms with Crippen LogP contribution in [0, 0.1) is 5.82 Å². The van der Waals surface area contributed by atoms with Gasteiger partial charge in [0.05, 0.1) is 13.0 Å². The number of carbonyl (C=O) groups is 1. The van der Waals surface area contributed by atoms with E-state index < -0.39 is 0 Å². The van der Waals surface area contributed by atoms with Crippen LogP contribution < -0.4 is 0 Å². The van der Waals surface area contributed by atoms with Crippen molar-refractivity contribution in [1.29, 1.82) is 0 Å². The molecular weight excluding hydrogens is 457 g/mol. The molecule has 0 aromatic heterocycles. The van der Waals surface area contributed by atoms with E-state index in [9.17, 15) is 9.18 Å². The van der Waals surface area contributed by atoms with E-state index in [0.29, 0.717) is 17.6 Å². The Morgan fingerprint density at radius 1 is 1.00 bits per heavy atom. The zero-order valence-corrected chi connectivity index (χ0v) is 19.4. The van der Waals surface area contributed by atoms with Crippen molar-refractivity contribution in [1.82, 2.24) is 4.90 Å². The van der Waals surface area contributed by atoms with E-state index in [-0.39, 0.29) is 30.3 Å². The number of hydrogen-bond donors (Lipinski definition) is 0. The first-order valence-electron chi connectivity index (χ1n) is 10.4. The quantitative estimate of drug-likeness (QED) is 0.311. The largest absolute Gasteiger partial charge is 0.466 e. The molecule has 0 amide bonds. The first kappa shape index (κ1) is 23.2. The number of nitrogens with zero attached hydrogens (tertiary/aromatic N) is 1. The Bertz CT molecular complexity index is 961. The fourth-order valence-corrected chi connectivity index (χ4v) is 4.29. The topological polar surface area (TPSA) is 29.5 Å². The molecule has 5 heteroatoms. The zero-order chi connectivity index (χ0) is 22.2. The lowest BCUT2D eigenvalue weighted by Crippen LogP contribution is -2.33. The van der Waals surface area contributed by atoms with Crippen molar-refractivity contribution in [3.8, 4) is 0 Å². The van der Waals surface area contributed by atoms with Gasteiger partial charge in [0.2, 0.25) is 0 Å². The summed E-state index contributed by atoms with van der Waals surface area (Å²) >= 11 is 3.40. The Hall–Kier alpha value is -2.50. The van der Waals surface area contributed by atoms with Gasteiger partial charge in [-0.05, 0) is 48.7 Å². The molecule has 0 bridgehead atoms. The summed E-state index contributed by atoms with van der Waals surface area (Å²) in [6.07, 6.45) is 0.133. The normalized spacial score (nSPS) is 13.1. The Kier molecular flexibility index (Phi) is 8.38. The summed E-state index contributed by atoms with van der Waals surface area (Å²) in [5.74, 6) is -0.642. The first-order valence-corrected chi connectivity index (χ1v) is 11.2. The van der Waals surface area contributed by atoms with E-state index in [1.165, 1.54) is 12.1 Å². The lowest BCUT2D eigenvalue weighted by atomic mass is 9.96. The second-order valence-electron chi connectivity index (χ2n) is 7.47. The standard InChI is InChI=1S/C26H27BrFNO2/c1-3-31-26(30)17-25(22-14-23(27)16-24(28)15-22)29(18-20-10-6-4-7-11-20)19(2)21-12-8-5-9-13-21/h4-16,19,25H,3,17-18H2,1-2H3/t19-,25+/m1/s1. The molecule has 0 aliphatic heterocycles. The Morgan fingerprint density at radius 2 is 1.65 bits per heavy atom. The maximum absolute atomic E-state index is 14.3. The van der Waals surface area contributed by atoms with E-state index in [2.05, 4.69) is 52.0 Å². The lowest BCUT2D eigenvalue weighted by molar-refractivity contribution is -0.145. The number of halogens is 2. The molecule has 3 rings (SSSR count). The van der Waals surface area contributed by atoms with Gasteiger partial charge >= 0.3 is 5.97 Å². The first-order chi connectivity index (χ1) is 15.0. The highest BCUT2D eigenvalue weighted by Gasteiger charge is 2.29. The van der Waals surface area contributed by atoms with Crippen LogP contribution in [0.4, 0.5) is 4.39 Å². The third-order valence-corrected chi connectivity index (χ3v) is 5.78. The van der Waals surface area contributed by atoms with Crippen LogP contribution >= 0.6 is 15.9 Å². The van der Waals surface area contributed by atoms with Gasteiger partial charge in [0.15, 0.2) is 0 Å². The predicted octanol–water partition coefficient (Wildman–Crippen LogP) is 6.85. The van der Waals surface area contributed by atoms with Crippen molar-refractivity contribution in [2.75, 3.05) is 6.61 Å². The van der Waals surface area contributed by atoms with Gasteiger partial charge in [0, 0.05) is 23.1 Å². The molecule has 3 nitrogen and oxygen atoms in total. The molecule has 0 spiro atoms. The molecule has 2 atom stereocenters. The summed E-state index contributed by atoms with van der Waals surface area (Å²) < 4.78 is 20.2. The number of benzene rings is 3. The zero-order valence-electron chi connectivity index (χ0n) is 17.8. The van der Waals surface area contributed by atoms with Crippen LogP contribution in [0.5, 0.6) is 0 Å². The van der Waals surface area contributed by atoms with Crippen molar-refractivity contribution < 1.29 is 13.9 Å². The monoisotopic (exact) mass is 483 g/mol. The number of rotatable bonds is 9. The number of ether oxygens (including phenoxy) is 1. The van der Waals surface area contributed by atoms with Crippen LogP contribution in [0.25, 0.3) is 0 Å². The van der Waals surface area contributed by atoms with E-state index in [1.54, 1.807) is 6.92 Å². The minimum Gasteiger partial charge on any atom is -0.466 e. The summed E-state index contributed by atoms with van der Waals surface area (Å²) in [7, 11) is 0. The van der Waals surface area contributed by atoms with Gasteiger partial charge in [0.25, 0.3) is 0 Å². The van der Waals surface area contributed by atoms with Crippen molar-refractivity contribution in [3.05, 3.63) is 106 Å². The van der Waals surface area contributed by atoms with Crippen molar-refractivity contribution in [3.63, 3.8) is 0 Å². The third kappa shape index (κ3) is 6.49. The van der Waals surface area contributed by atoms with Gasteiger partial charge in [-0.15, -0.1) is 0 Å². The van der Waals surface area contributed by atoms with Gasteiger partial charge in [-0.2, -0.15) is 0 Å². The number of esters is 1.